The Morgan fingerprint density at radius 3 is 2.41 bits per heavy atom. The number of aromatic carboxylic acids is 1. The summed E-state index contributed by atoms with van der Waals surface area (Å²) in [5.41, 5.74) is 1.82. The van der Waals surface area contributed by atoms with E-state index in [1.807, 2.05) is 31.2 Å². The Morgan fingerprint density at radius 2 is 1.81 bits per heavy atom. The molecular formula is C19H18N2O5S. The first-order valence-corrected chi connectivity index (χ1v) is 9.17. The first-order chi connectivity index (χ1) is 12.8. The molecule has 7 nitrogen and oxygen atoms in total. The number of fused-ring (bicyclic) bond motifs is 1. The molecule has 0 bridgehead atoms. The summed E-state index contributed by atoms with van der Waals surface area (Å²) in [6.07, 6.45) is 0.205. The molecule has 140 valence electrons. The molecule has 3 rings (SSSR count). The van der Waals surface area contributed by atoms with E-state index >= 15 is 0 Å². The quantitative estimate of drug-likeness (QED) is 0.673. The molecule has 0 atom stereocenters. The van der Waals surface area contributed by atoms with E-state index in [9.17, 15) is 19.5 Å². The van der Waals surface area contributed by atoms with Gasteiger partial charge in [-0.1, -0.05) is 29.8 Å². The van der Waals surface area contributed by atoms with Crippen LogP contribution >= 0.6 is 11.3 Å². The molecule has 0 aliphatic carbocycles. The first-order valence-electron chi connectivity index (χ1n) is 8.35. The minimum atomic E-state index is -1.09. The van der Waals surface area contributed by atoms with E-state index in [1.54, 1.807) is 6.92 Å². The van der Waals surface area contributed by atoms with Crippen molar-refractivity contribution in [3.05, 3.63) is 50.6 Å². The molecule has 0 radical (unpaired) electrons. The minimum absolute atomic E-state index is 0.0686. The number of aromatic nitrogens is 2. The minimum Gasteiger partial charge on any atom is -0.481 e. The zero-order valence-electron chi connectivity index (χ0n) is 14.9. The SMILES string of the molecule is Cc1ccc(-c2nc3sc(C(=O)O)c(C)c3c(=O)n2CCCC(=O)O)cc1. The van der Waals surface area contributed by atoms with Gasteiger partial charge in [0, 0.05) is 18.5 Å². The van der Waals surface area contributed by atoms with Crippen LogP contribution < -0.4 is 5.56 Å². The van der Waals surface area contributed by atoms with Crippen molar-refractivity contribution in [1.29, 1.82) is 0 Å². The van der Waals surface area contributed by atoms with Gasteiger partial charge in [-0.3, -0.25) is 14.2 Å². The molecular weight excluding hydrogens is 368 g/mol. The number of carboxylic acid groups (broad SMARTS) is 2. The van der Waals surface area contributed by atoms with Gasteiger partial charge in [-0.15, -0.1) is 11.3 Å². The Balaban J connectivity index is 2.24. The van der Waals surface area contributed by atoms with Crippen molar-refractivity contribution in [2.24, 2.45) is 0 Å². The Bertz CT molecular complexity index is 1100. The van der Waals surface area contributed by atoms with Gasteiger partial charge in [0.2, 0.25) is 0 Å². The van der Waals surface area contributed by atoms with Crippen molar-refractivity contribution in [3.8, 4) is 11.4 Å². The lowest BCUT2D eigenvalue weighted by molar-refractivity contribution is -0.137. The fraction of sp³-hybridized carbons (Fsp3) is 0.263. The third kappa shape index (κ3) is 3.61. The number of carboxylic acids is 2. The van der Waals surface area contributed by atoms with Crippen molar-refractivity contribution < 1.29 is 19.8 Å². The van der Waals surface area contributed by atoms with Crippen LogP contribution in [0.5, 0.6) is 0 Å². The van der Waals surface area contributed by atoms with Gasteiger partial charge in [0.25, 0.3) is 5.56 Å². The van der Waals surface area contributed by atoms with Crippen LogP contribution in [-0.2, 0) is 11.3 Å². The van der Waals surface area contributed by atoms with Gasteiger partial charge in [-0.05, 0) is 25.8 Å². The molecule has 0 amide bonds. The van der Waals surface area contributed by atoms with Crippen LogP contribution in [0.4, 0.5) is 0 Å². The van der Waals surface area contributed by atoms with Crippen molar-refractivity contribution in [3.63, 3.8) is 0 Å². The van der Waals surface area contributed by atoms with E-state index in [1.165, 1.54) is 4.57 Å². The average Bonchev–Trinajstić information content (AvgIpc) is 2.94. The Morgan fingerprint density at radius 1 is 1.15 bits per heavy atom. The third-order valence-corrected chi connectivity index (χ3v) is 5.50. The number of hydrogen-bond donors (Lipinski definition) is 2. The molecule has 0 fully saturated rings. The zero-order valence-corrected chi connectivity index (χ0v) is 15.7. The lowest BCUT2D eigenvalue weighted by Gasteiger charge is -2.12. The fourth-order valence-corrected chi connectivity index (χ4v) is 3.95. The van der Waals surface area contributed by atoms with Crippen LogP contribution in [0.2, 0.25) is 0 Å². The smallest absolute Gasteiger partial charge is 0.346 e. The predicted octanol–water partition coefficient (Wildman–Crippen LogP) is 3.30. The average molecular weight is 386 g/mol. The Hall–Kier alpha value is -3.00. The van der Waals surface area contributed by atoms with Crippen molar-refractivity contribution >= 4 is 33.5 Å². The van der Waals surface area contributed by atoms with E-state index in [0.717, 1.165) is 22.5 Å². The normalized spacial score (nSPS) is 11.0. The Kier molecular flexibility index (Phi) is 5.09. The second kappa shape index (κ2) is 7.32. The highest BCUT2D eigenvalue weighted by atomic mass is 32.1. The van der Waals surface area contributed by atoms with Gasteiger partial charge < -0.3 is 10.2 Å². The zero-order chi connectivity index (χ0) is 19.7. The maximum Gasteiger partial charge on any atom is 0.346 e. The van der Waals surface area contributed by atoms with Gasteiger partial charge >= 0.3 is 11.9 Å². The van der Waals surface area contributed by atoms with E-state index in [-0.39, 0.29) is 35.2 Å². The fourth-order valence-electron chi connectivity index (χ4n) is 2.94. The van der Waals surface area contributed by atoms with Crippen LogP contribution in [0, 0.1) is 13.8 Å². The second-order valence-corrected chi connectivity index (χ2v) is 7.30. The number of hydrogen-bond acceptors (Lipinski definition) is 5. The van der Waals surface area contributed by atoms with E-state index in [0.29, 0.717) is 16.2 Å². The number of aryl methyl sites for hydroxylation is 2. The van der Waals surface area contributed by atoms with Crippen molar-refractivity contribution in [1.82, 2.24) is 9.55 Å². The maximum atomic E-state index is 13.1. The molecule has 27 heavy (non-hydrogen) atoms. The third-order valence-electron chi connectivity index (χ3n) is 4.33. The molecule has 8 heteroatoms. The Labute approximate surface area is 158 Å². The van der Waals surface area contributed by atoms with Crippen LogP contribution in [0.1, 0.15) is 33.6 Å². The molecule has 0 saturated heterocycles. The summed E-state index contributed by atoms with van der Waals surface area (Å²) in [5, 5.41) is 18.5. The number of thiophene rings is 1. The summed E-state index contributed by atoms with van der Waals surface area (Å²) in [5.74, 6) is -1.62. The molecule has 0 aliphatic rings. The monoisotopic (exact) mass is 386 g/mol. The van der Waals surface area contributed by atoms with Crippen molar-refractivity contribution in [2.45, 2.75) is 33.2 Å². The number of benzene rings is 1. The van der Waals surface area contributed by atoms with Crippen molar-refractivity contribution in [2.75, 3.05) is 0 Å². The summed E-state index contributed by atoms with van der Waals surface area (Å²) >= 11 is 0.977. The molecule has 3 aromatic rings. The van der Waals surface area contributed by atoms with E-state index < -0.39 is 11.9 Å². The summed E-state index contributed by atoms with van der Waals surface area (Å²) in [6.45, 7) is 3.73. The van der Waals surface area contributed by atoms with E-state index in [2.05, 4.69) is 4.98 Å². The maximum absolute atomic E-state index is 13.1. The number of aliphatic carboxylic acids is 1. The van der Waals surface area contributed by atoms with Crippen LogP contribution in [0.3, 0.4) is 0 Å². The molecule has 0 unspecified atom stereocenters. The van der Waals surface area contributed by atoms with Gasteiger partial charge in [-0.2, -0.15) is 0 Å². The summed E-state index contributed by atoms with van der Waals surface area (Å²) < 4.78 is 1.45. The highest BCUT2D eigenvalue weighted by molar-refractivity contribution is 7.20. The second-order valence-electron chi connectivity index (χ2n) is 6.30. The van der Waals surface area contributed by atoms with Gasteiger partial charge in [-0.25, -0.2) is 9.78 Å². The van der Waals surface area contributed by atoms with Crippen LogP contribution in [0.25, 0.3) is 21.6 Å². The summed E-state index contributed by atoms with van der Waals surface area (Å²) in [6, 6.07) is 7.48. The van der Waals surface area contributed by atoms with Crippen LogP contribution in [0.15, 0.2) is 29.1 Å². The lowest BCUT2D eigenvalue weighted by Crippen LogP contribution is -2.24. The largest absolute Gasteiger partial charge is 0.481 e. The summed E-state index contributed by atoms with van der Waals surface area (Å²) in [4.78, 5) is 40.4. The number of carbonyl (C=O) groups is 2. The molecule has 0 saturated carbocycles. The van der Waals surface area contributed by atoms with Gasteiger partial charge in [0.15, 0.2) is 0 Å². The van der Waals surface area contributed by atoms with Crippen LogP contribution in [-0.4, -0.2) is 31.7 Å². The summed E-state index contributed by atoms with van der Waals surface area (Å²) in [7, 11) is 0. The number of nitrogens with zero attached hydrogens (tertiary/aromatic N) is 2. The molecule has 2 heterocycles. The lowest BCUT2D eigenvalue weighted by atomic mass is 10.1. The predicted molar refractivity (Wildman–Crippen MR) is 103 cm³/mol. The number of rotatable bonds is 6. The molecule has 0 aliphatic heterocycles. The highest BCUT2D eigenvalue weighted by Crippen LogP contribution is 2.29. The molecule has 2 N–H and O–H groups in total. The molecule has 2 aromatic heterocycles. The molecule has 0 spiro atoms. The van der Waals surface area contributed by atoms with Gasteiger partial charge in [0.1, 0.15) is 15.5 Å². The van der Waals surface area contributed by atoms with Gasteiger partial charge in [0.05, 0.1) is 5.39 Å². The topological polar surface area (TPSA) is 109 Å². The van der Waals surface area contributed by atoms with E-state index in [4.69, 9.17) is 5.11 Å². The highest BCUT2D eigenvalue weighted by Gasteiger charge is 2.21. The molecule has 1 aromatic carbocycles. The first kappa shape index (κ1) is 18.8. The standard InChI is InChI=1S/C19H18N2O5S/c1-10-5-7-12(8-6-10)16-20-17-14(11(2)15(27-17)19(25)26)18(24)21(16)9-3-4-13(22)23/h5-8H,3-4,9H2,1-2H3,(H,22,23)(H,25,26).